The molecule has 30 heavy (non-hydrogen) atoms. The van der Waals surface area contributed by atoms with E-state index in [1.807, 2.05) is 54.8 Å². The van der Waals surface area contributed by atoms with Crippen LogP contribution in [0.5, 0.6) is 0 Å². The number of nitrogens with zero attached hydrogens (tertiary/aromatic N) is 1. The smallest absolute Gasteiger partial charge is 0.133 e. The lowest BCUT2D eigenvalue weighted by Gasteiger charge is -2.21. The maximum Gasteiger partial charge on any atom is 0.133 e. The van der Waals surface area contributed by atoms with Crippen molar-refractivity contribution in [1.82, 2.24) is 4.98 Å². The summed E-state index contributed by atoms with van der Waals surface area (Å²) in [6.07, 6.45) is 1.84. The van der Waals surface area contributed by atoms with Gasteiger partial charge in [0.15, 0.2) is 0 Å². The predicted octanol–water partition coefficient (Wildman–Crippen LogP) is 8.32. The van der Waals surface area contributed by atoms with Crippen LogP contribution in [0.2, 0.25) is 0 Å². The number of thiophene rings is 1. The Morgan fingerprint density at radius 3 is 2.30 bits per heavy atom. The second kappa shape index (κ2) is 6.61. The van der Waals surface area contributed by atoms with Gasteiger partial charge in [-0.25, -0.2) is 4.39 Å². The van der Waals surface area contributed by atoms with E-state index in [1.165, 1.54) is 20.5 Å². The van der Waals surface area contributed by atoms with E-state index in [4.69, 9.17) is 4.98 Å². The van der Waals surface area contributed by atoms with Crippen LogP contribution >= 0.6 is 11.3 Å². The van der Waals surface area contributed by atoms with Crippen LogP contribution in [-0.4, -0.2) is 4.98 Å². The Morgan fingerprint density at radius 1 is 0.833 bits per heavy atom. The van der Waals surface area contributed by atoms with Gasteiger partial charge in [0.05, 0.1) is 5.69 Å². The van der Waals surface area contributed by atoms with E-state index in [-0.39, 0.29) is 11.2 Å². The zero-order chi connectivity index (χ0) is 21.2. The van der Waals surface area contributed by atoms with Crippen molar-refractivity contribution in [3.05, 3.63) is 76.5 Å². The molecule has 5 aromatic rings. The zero-order valence-corrected chi connectivity index (χ0v) is 18.7. The quantitative estimate of drug-likeness (QED) is 0.252. The molecule has 0 atom stereocenters. The van der Waals surface area contributed by atoms with Crippen molar-refractivity contribution < 1.29 is 4.39 Å². The molecule has 0 N–H and O–H groups in total. The van der Waals surface area contributed by atoms with Crippen molar-refractivity contribution in [3.63, 3.8) is 0 Å². The van der Waals surface area contributed by atoms with Crippen molar-refractivity contribution in [1.29, 1.82) is 0 Å². The minimum absolute atomic E-state index is 0.0312. The maximum atomic E-state index is 14.7. The van der Waals surface area contributed by atoms with E-state index in [1.54, 1.807) is 0 Å². The molecule has 0 unspecified atom stereocenters. The van der Waals surface area contributed by atoms with Gasteiger partial charge in [-0.05, 0) is 70.8 Å². The van der Waals surface area contributed by atoms with E-state index in [0.717, 1.165) is 27.4 Å². The standard InChI is InChI=1S/C27H24FNS/c1-15-6-7-19-20-10-11-29-25(22(20)9-8-21(19)24(15)28)17-13-18-12-16(2)30-26(18)23(14-17)27(3,4)5/h6-14H,1-5H3. The molecule has 0 aliphatic carbocycles. The number of pyridine rings is 1. The Morgan fingerprint density at radius 2 is 1.53 bits per heavy atom. The Kier molecular flexibility index (Phi) is 4.23. The average Bonchev–Trinajstić information content (AvgIpc) is 3.08. The Balaban J connectivity index is 1.85. The fraction of sp³-hybridized carbons (Fsp3) is 0.222. The van der Waals surface area contributed by atoms with Gasteiger partial charge >= 0.3 is 0 Å². The molecule has 0 spiro atoms. The van der Waals surface area contributed by atoms with Gasteiger partial charge in [-0.2, -0.15) is 0 Å². The van der Waals surface area contributed by atoms with Crippen LogP contribution in [0.3, 0.4) is 0 Å². The van der Waals surface area contributed by atoms with E-state index in [2.05, 4.69) is 45.9 Å². The first-order valence-corrected chi connectivity index (χ1v) is 11.1. The van der Waals surface area contributed by atoms with Gasteiger partial charge in [-0.15, -0.1) is 11.3 Å². The van der Waals surface area contributed by atoms with Crippen LogP contribution in [-0.2, 0) is 5.41 Å². The largest absolute Gasteiger partial charge is 0.256 e. The first-order valence-electron chi connectivity index (χ1n) is 10.3. The maximum absolute atomic E-state index is 14.7. The van der Waals surface area contributed by atoms with Crippen LogP contribution in [0.15, 0.2) is 54.7 Å². The highest BCUT2D eigenvalue weighted by Crippen LogP contribution is 2.40. The predicted molar refractivity (Wildman–Crippen MR) is 128 cm³/mol. The van der Waals surface area contributed by atoms with Crippen LogP contribution < -0.4 is 0 Å². The fourth-order valence-electron chi connectivity index (χ4n) is 4.35. The van der Waals surface area contributed by atoms with E-state index in [9.17, 15) is 4.39 Å². The number of benzene rings is 3. The summed E-state index contributed by atoms with van der Waals surface area (Å²) >= 11 is 1.86. The second-order valence-corrected chi connectivity index (χ2v) is 10.4. The van der Waals surface area contributed by atoms with Crippen LogP contribution in [0.4, 0.5) is 4.39 Å². The molecule has 0 amide bonds. The average molecular weight is 414 g/mol. The lowest BCUT2D eigenvalue weighted by Crippen LogP contribution is -2.11. The normalized spacial score (nSPS) is 12.3. The van der Waals surface area contributed by atoms with Gasteiger partial charge in [0, 0.05) is 32.1 Å². The molecule has 0 fully saturated rings. The molecule has 0 saturated heterocycles. The summed E-state index contributed by atoms with van der Waals surface area (Å²) in [5, 5.41) is 4.96. The first-order chi connectivity index (χ1) is 14.2. The zero-order valence-electron chi connectivity index (χ0n) is 17.9. The highest BCUT2D eigenvalue weighted by molar-refractivity contribution is 7.19. The SMILES string of the molecule is Cc1cc2cc(-c3nccc4c3ccc3c(F)c(C)ccc34)cc(C(C)(C)C)c2s1. The molecular formula is C27H24FNS. The Bertz CT molecular complexity index is 1450. The summed E-state index contributed by atoms with van der Waals surface area (Å²) in [4.78, 5) is 6.09. The number of hydrogen-bond acceptors (Lipinski definition) is 2. The molecule has 2 aromatic heterocycles. The summed E-state index contributed by atoms with van der Waals surface area (Å²) in [7, 11) is 0. The number of fused-ring (bicyclic) bond motifs is 4. The number of hydrogen-bond donors (Lipinski definition) is 0. The van der Waals surface area contributed by atoms with Gasteiger partial charge in [-0.1, -0.05) is 45.0 Å². The van der Waals surface area contributed by atoms with Crippen LogP contribution in [0.1, 0.15) is 36.8 Å². The molecule has 0 aliphatic heterocycles. The lowest BCUT2D eigenvalue weighted by molar-refractivity contribution is 0.597. The van der Waals surface area contributed by atoms with E-state index >= 15 is 0 Å². The number of aryl methyl sites for hydroxylation is 2. The molecule has 0 bridgehead atoms. The molecular weight excluding hydrogens is 389 g/mol. The summed E-state index contributed by atoms with van der Waals surface area (Å²) in [6, 6.07) is 16.6. The van der Waals surface area contributed by atoms with Gasteiger partial charge in [-0.3, -0.25) is 4.98 Å². The molecule has 0 aliphatic rings. The molecule has 1 nitrogen and oxygen atoms in total. The first kappa shape index (κ1) is 19.2. The van der Waals surface area contributed by atoms with Gasteiger partial charge in [0.2, 0.25) is 0 Å². The van der Waals surface area contributed by atoms with Gasteiger partial charge in [0.1, 0.15) is 5.82 Å². The molecule has 0 saturated carbocycles. The minimum atomic E-state index is -0.141. The Labute approximate surface area is 180 Å². The highest BCUT2D eigenvalue weighted by atomic mass is 32.1. The molecule has 150 valence electrons. The van der Waals surface area contributed by atoms with Crippen molar-refractivity contribution in [3.8, 4) is 11.3 Å². The fourth-order valence-corrected chi connectivity index (χ4v) is 5.57. The number of aromatic nitrogens is 1. The van der Waals surface area contributed by atoms with Gasteiger partial charge < -0.3 is 0 Å². The molecule has 3 aromatic carbocycles. The topological polar surface area (TPSA) is 12.9 Å². The minimum Gasteiger partial charge on any atom is -0.256 e. The molecule has 2 heterocycles. The second-order valence-electron chi connectivity index (χ2n) is 9.16. The number of halogens is 1. The van der Waals surface area contributed by atoms with Crippen LogP contribution in [0.25, 0.3) is 42.9 Å². The van der Waals surface area contributed by atoms with Crippen LogP contribution in [0, 0.1) is 19.7 Å². The van der Waals surface area contributed by atoms with Crippen molar-refractivity contribution >= 4 is 43.0 Å². The number of rotatable bonds is 1. The summed E-state index contributed by atoms with van der Waals surface area (Å²) in [5.41, 5.74) is 4.11. The third-order valence-corrected chi connectivity index (χ3v) is 6.99. The summed E-state index contributed by atoms with van der Waals surface area (Å²) < 4.78 is 16.0. The van der Waals surface area contributed by atoms with Crippen molar-refractivity contribution in [2.24, 2.45) is 0 Å². The summed E-state index contributed by atoms with van der Waals surface area (Å²) in [5.74, 6) is -0.141. The molecule has 3 heteroatoms. The van der Waals surface area contributed by atoms with E-state index in [0.29, 0.717) is 10.9 Å². The lowest BCUT2D eigenvalue weighted by atomic mass is 9.84. The Hall–Kier alpha value is -2.78. The third-order valence-electron chi connectivity index (χ3n) is 5.89. The monoisotopic (exact) mass is 413 g/mol. The molecule has 5 rings (SSSR count). The third kappa shape index (κ3) is 2.92. The van der Waals surface area contributed by atoms with Gasteiger partial charge in [0.25, 0.3) is 0 Å². The van der Waals surface area contributed by atoms with E-state index < -0.39 is 0 Å². The highest BCUT2D eigenvalue weighted by Gasteiger charge is 2.21. The van der Waals surface area contributed by atoms with Crippen molar-refractivity contribution in [2.75, 3.05) is 0 Å². The molecule has 0 radical (unpaired) electrons. The summed E-state index contributed by atoms with van der Waals surface area (Å²) in [6.45, 7) is 10.7. The van der Waals surface area contributed by atoms with Crippen molar-refractivity contribution in [2.45, 2.75) is 40.0 Å².